The minimum absolute atomic E-state index is 0.0527. The van der Waals surface area contributed by atoms with Crippen molar-refractivity contribution in [1.82, 2.24) is 19.5 Å². The molecule has 8 nitrogen and oxygen atoms in total. The van der Waals surface area contributed by atoms with Crippen LogP contribution >= 0.6 is 0 Å². The molecule has 0 atom stereocenters. The standard InChI is InChI=1S/C13H8N6O2/c14-6-7-11(19-5-3-9(15)18-13(19)21)10-8(17-12(7)20)2-1-4-16-10/h1-5H,(H,17,20)(H2,15,18,21). The van der Waals surface area contributed by atoms with Gasteiger partial charge in [-0.25, -0.2) is 4.79 Å². The number of aromatic nitrogens is 4. The van der Waals surface area contributed by atoms with Crippen molar-refractivity contribution in [3.05, 3.63) is 57.0 Å². The number of nitrogens with zero attached hydrogens (tertiary/aromatic N) is 4. The van der Waals surface area contributed by atoms with Crippen LogP contribution in [0.4, 0.5) is 5.82 Å². The molecule has 3 aromatic heterocycles. The topological polar surface area (TPSA) is 130 Å². The Bertz CT molecular complexity index is 1010. The average Bonchev–Trinajstić information content (AvgIpc) is 2.46. The molecule has 0 saturated heterocycles. The molecule has 0 amide bonds. The van der Waals surface area contributed by atoms with Crippen molar-refractivity contribution >= 4 is 16.9 Å². The summed E-state index contributed by atoms with van der Waals surface area (Å²) >= 11 is 0. The summed E-state index contributed by atoms with van der Waals surface area (Å²) < 4.78 is 1.08. The first-order valence-corrected chi connectivity index (χ1v) is 5.88. The SMILES string of the molecule is N#Cc1c(-n2ccc(N)nc2=O)c2ncccc2[nH]c1=O. The Morgan fingerprint density at radius 3 is 2.86 bits per heavy atom. The molecule has 0 spiro atoms. The Hall–Kier alpha value is -3.47. The van der Waals surface area contributed by atoms with Crippen LogP contribution in [0.5, 0.6) is 0 Å². The Labute approximate surface area is 117 Å². The zero-order valence-corrected chi connectivity index (χ0v) is 10.6. The number of rotatable bonds is 1. The molecule has 0 unspecified atom stereocenters. The first kappa shape index (κ1) is 12.6. The van der Waals surface area contributed by atoms with Gasteiger partial charge in [-0.1, -0.05) is 0 Å². The van der Waals surface area contributed by atoms with Crippen molar-refractivity contribution in [1.29, 1.82) is 5.26 Å². The molecule has 21 heavy (non-hydrogen) atoms. The number of H-pyrrole nitrogens is 1. The first-order chi connectivity index (χ1) is 10.1. The maximum absolute atomic E-state index is 12.0. The normalized spacial score (nSPS) is 10.4. The third-order valence-electron chi connectivity index (χ3n) is 2.92. The number of nitrogens with one attached hydrogen (secondary N) is 1. The fourth-order valence-electron chi connectivity index (χ4n) is 2.03. The van der Waals surface area contributed by atoms with Crippen LogP contribution < -0.4 is 17.0 Å². The molecule has 0 fully saturated rings. The van der Waals surface area contributed by atoms with Gasteiger partial charge < -0.3 is 10.7 Å². The molecule has 3 rings (SSSR count). The molecule has 0 aliphatic carbocycles. The van der Waals surface area contributed by atoms with Crippen LogP contribution in [0.2, 0.25) is 0 Å². The summed E-state index contributed by atoms with van der Waals surface area (Å²) in [5.41, 5.74) is 4.77. The number of nitrogens with two attached hydrogens (primary N) is 1. The number of hydrogen-bond acceptors (Lipinski definition) is 6. The second-order valence-electron chi connectivity index (χ2n) is 4.19. The van der Waals surface area contributed by atoms with Gasteiger partial charge in [0.1, 0.15) is 28.7 Å². The maximum Gasteiger partial charge on any atom is 0.354 e. The molecular weight excluding hydrogens is 272 g/mol. The highest BCUT2D eigenvalue weighted by Crippen LogP contribution is 2.18. The monoisotopic (exact) mass is 280 g/mol. The van der Waals surface area contributed by atoms with Crippen molar-refractivity contribution in [2.24, 2.45) is 0 Å². The lowest BCUT2D eigenvalue weighted by molar-refractivity contribution is 0.915. The zero-order valence-electron chi connectivity index (χ0n) is 10.6. The van der Waals surface area contributed by atoms with Gasteiger partial charge in [-0.15, -0.1) is 0 Å². The van der Waals surface area contributed by atoms with Crippen molar-refractivity contribution in [2.75, 3.05) is 5.73 Å². The summed E-state index contributed by atoms with van der Waals surface area (Å²) in [6.45, 7) is 0. The van der Waals surface area contributed by atoms with E-state index in [-0.39, 0.29) is 17.1 Å². The average molecular weight is 280 g/mol. The molecule has 0 saturated carbocycles. The zero-order chi connectivity index (χ0) is 15.0. The fourth-order valence-corrected chi connectivity index (χ4v) is 2.03. The molecule has 0 aromatic carbocycles. The van der Waals surface area contributed by atoms with Gasteiger partial charge in [-0.05, 0) is 18.2 Å². The van der Waals surface area contributed by atoms with Crippen LogP contribution in [0.15, 0.2) is 40.2 Å². The maximum atomic E-state index is 12.0. The molecule has 3 heterocycles. The molecule has 0 bridgehead atoms. The molecule has 0 aliphatic heterocycles. The summed E-state index contributed by atoms with van der Waals surface area (Å²) in [6.07, 6.45) is 2.86. The van der Waals surface area contributed by atoms with Crippen LogP contribution in [0, 0.1) is 11.3 Å². The molecule has 0 aliphatic rings. The van der Waals surface area contributed by atoms with E-state index in [1.165, 1.54) is 18.5 Å². The van der Waals surface area contributed by atoms with Gasteiger partial charge in [0.25, 0.3) is 5.56 Å². The summed E-state index contributed by atoms with van der Waals surface area (Å²) in [4.78, 5) is 34.2. The molecule has 3 aromatic rings. The number of aromatic amines is 1. The van der Waals surface area contributed by atoms with Gasteiger partial charge in [0.15, 0.2) is 0 Å². The Balaban J connectivity index is 2.54. The lowest BCUT2D eigenvalue weighted by atomic mass is 10.2. The summed E-state index contributed by atoms with van der Waals surface area (Å²) in [5, 5.41) is 9.21. The predicted octanol–water partition coefficient (Wildman–Crippen LogP) is -0.0771. The number of nitrogen functional groups attached to an aromatic ring is 1. The summed E-state index contributed by atoms with van der Waals surface area (Å²) in [5.74, 6) is 0.0527. The van der Waals surface area contributed by atoms with Crippen LogP contribution in [0.3, 0.4) is 0 Å². The van der Waals surface area contributed by atoms with E-state index in [1.807, 2.05) is 0 Å². The van der Waals surface area contributed by atoms with E-state index in [9.17, 15) is 14.9 Å². The largest absolute Gasteiger partial charge is 0.383 e. The fraction of sp³-hybridized carbons (Fsp3) is 0. The van der Waals surface area contributed by atoms with Crippen LogP contribution in [-0.4, -0.2) is 19.5 Å². The van der Waals surface area contributed by atoms with E-state index in [1.54, 1.807) is 18.2 Å². The van der Waals surface area contributed by atoms with Gasteiger partial charge in [0.2, 0.25) is 0 Å². The van der Waals surface area contributed by atoms with Gasteiger partial charge in [0, 0.05) is 12.4 Å². The Morgan fingerprint density at radius 1 is 1.33 bits per heavy atom. The highest BCUT2D eigenvalue weighted by atomic mass is 16.1. The predicted molar refractivity (Wildman–Crippen MR) is 74.9 cm³/mol. The highest BCUT2D eigenvalue weighted by Gasteiger charge is 2.16. The smallest absolute Gasteiger partial charge is 0.354 e. The van der Waals surface area contributed by atoms with Crippen molar-refractivity contribution in [3.8, 4) is 11.8 Å². The Kier molecular flexibility index (Phi) is 2.73. The molecule has 3 N–H and O–H groups in total. The number of pyridine rings is 2. The molecule has 0 radical (unpaired) electrons. The molecular formula is C13H8N6O2. The van der Waals surface area contributed by atoms with E-state index in [2.05, 4.69) is 15.0 Å². The Morgan fingerprint density at radius 2 is 2.14 bits per heavy atom. The van der Waals surface area contributed by atoms with Crippen LogP contribution in [0.1, 0.15) is 5.56 Å². The third kappa shape index (κ3) is 1.93. The number of anilines is 1. The van der Waals surface area contributed by atoms with Crippen molar-refractivity contribution in [3.63, 3.8) is 0 Å². The number of fused-ring (bicyclic) bond motifs is 1. The highest BCUT2D eigenvalue weighted by molar-refractivity contribution is 5.85. The minimum Gasteiger partial charge on any atom is -0.383 e. The lowest BCUT2D eigenvalue weighted by Crippen LogP contribution is -2.25. The van der Waals surface area contributed by atoms with Crippen LogP contribution in [-0.2, 0) is 0 Å². The van der Waals surface area contributed by atoms with E-state index >= 15 is 0 Å². The van der Waals surface area contributed by atoms with Gasteiger partial charge >= 0.3 is 5.69 Å². The third-order valence-corrected chi connectivity index (χ3v) is 2.92. The second kappa shape index (κ2) is 4.57. The van der Waals surface area contributed by atoms with E-state index in [4.69, 9.17) is 5.73 Å². The minimum atomic E-state index is -0.691. The lowest BCUT2D eigenvalue weighted by Gasteiger charge is -2.09. The summed E-state index contributed by atoms with van der Waals surface area (Å²) in [6, 6.07) is 6.46. The molecule has 8 heteroatoms. The number of hydrogen-bond donors (Lipinski definition) is 2. The summed E-state index contributed by atoms with van der Waals surface area (Å²) in [7, 11) is 0. The van der Waals surface area contributed by atoms with Gasteiger partial charge in [-0.3, -0.25) is 14.3 Å². The quantitative estimate of drug-likeness (QED) is 0.641. The van der Waals surface area contributed by atoms with Gasteiger partial charge in [0.05, 0.1) is 5.52 Å². The van der Waals surface area contributed by atoms with Crippen LogP contribution in [0.25, 0.3) is 16.7 Å². The van der Waals surface area contributed by atoms with E-state index in [0.29, 0.717) is 11.0 Å². The second-order valence-corrected chi connectivity index (χ2v) is 4.19. The first-order valence-electron chi connectivity index (χ1n) is 5.88. The van der Waals surface area contributed by atoms with E-state index < -0.39 is 11.2 Å². The van der Waals surface area contributed by atoms with E-state index in [0.717, 1.165) is 4.57 Å². The van der Waals surface area contributed by atoms with Crippen molar-refractivity contribution in [2.45, 2.75) is 0 Å². The van der Waals surface area contributed by atoms with Crippen molar-refractivity contribution < 1.29 is 0 Å². The van der Waals surface area contributed by atoms with Gasteiger partial charge in [-0.2, -0.15) is 10.2 Å². The molecule has 102 valence electrons. The number of nitriles is 1.